The second-order valence-corrected chi connectivity index (χ2v) is 6.94. The number of ether oxygens (including phenoxy) is 1. The number of rotatable bonds is 8. The summed E-state index contributed by atoms with van der Waals surface area (Å²) < 4.78 is 5.61. The van der Waals surface area contributed by atoms with Crippen LogP contribution in [0.25, 0.3) is 0 Å². The summed E-state index contributed by atoms with van der Waals surface area (Å²) in [6.45, 7) is 6.77. The Morgan fingerprint density at radius 3 is 2.28 bits per heavy atom. The third-order valence-electron chi connectivity index (χ3n) is 4.08. The highest BCUT2D eigenvalue weighted by molar-refractivity contribution is 6.30. The zero-order valence-corrected chi connectivity index (χ0v) is 15.8. The van der Waals surface area contributed by atoms with E-state index in [9.17, 15) is 4.79 Å². The second kappa shape index (κ2) is 9.47. The molecule has 0 saturated heterocycles. The summed E-state index contributed by atoms with van der Waals surface area (Å²) in [6.07, 6.45) is 1.32. The van der Waals surface area contributed by atoms with Crippen LogP contribution in [0.1, 0.15) is 44.2 Å². The summed E-state index contributed by atoms with van der Waals surface area (Å²) >= 11 is 5.83. The van der Waals surface area contributed by atoms with Crippen molar-refractivity contribution in [1.82, 2.24) is 5.32 Å². The Hall–Kier alpha value is -2.00. The van der Waals surface area contributed by atoms with Crippen LogP contribution in [0.3, 0.4) is 0 Å². The van der Waals surface area contributed by atoms with Crippen molar-refractivity contribution in [2.45, 2.75) is 45.6 Å². The molecular formula is C21H26ClNO2. The summed E-state index contributed by atoms with van der Waals surface area (Å²) in [5.74, 6) is 1.08. The number of carbonyl (C=O) groups is 1. The van der Waals surface area contributed by atoms with Gasteiger partial charge >= 0.3 is 0 Å². The minimum absolute atomic E-state index is 0.106. The smallest absolute Gasteiger partial charge is 0.260 e. The number of hydrogen-bond donors (Lipinski definition) is 1. The van der Waals surface area contributed by atoms with Crippen LogP contribution in [-0.4, -0.2) is 18.6 Å². The third-order valence-corrected chi connectivity index (χ3v) is 4.34. The molecule has 4 heteroatoms. The molecule has 0 heterocycles. The van der Waals surface area contributed by atoms with E-state index < -0.39 is 6.10 Å². The predicted molar refractivity (Wildman–Crippen MR) is 103 cm³/mol. The Morgan fingerprint density at radius 1 is 1.04 bits per heavy atom. The molecule has 1 atom stereocenters. The molecule has 1 N–H and O–H groups in total. The van der Waals surface area contributed by atoms with Crippen molar-refractivity contribution in [2.75, 3.05) is 6.54 Å². The number of nitrogens with one attached hydrogen (secondary N) is 1. The van der Waals surface area contributed by atoms with Gasteiger partial charge in [-0.15, -0.1) is 0 Å². The van der Waals surface area contributed by atoms with Gasteiger partial charge in [-0.25, -0.2) is 0 Å². The summed E-state index contributed by atoms with van der Waals surface area (Å²) in [5.41, 5.74) is 2.65. The molecule has 0 radical (unpaired) electrons. The van der Waals surface area contributed by atoms with Gasteiger partial charge in [0.25, 0.3) is 5.91 Å². The predicted octanol–water partition coefficient (Wildman–Crippen LogP) is 4.98. The Kier molecular flexibility index (Phi) is 7.32. The average molecular weight is 360 g/mol. The van der Waals surface area contributed by atoms with E-state index in [1.807, 2.05) is 0 Å². The molecule has 0 spiro atoms. The van der Waals surface area contributed by atoms with Crippen LogP contribution in [0.15, 0.2) is 48.5 Å². The van der Waals surface area contributed by atoms with Gasteiger partial charge in [-0.2, -0.15) is 0 Å². The summed E-state index contributed by atoms with van der Waals surface area (Å²) in [5, 5.41) is 3.57. The van der Waals surface area contributed by atoms with E-state index in [0.29, 0.717) is 23.2 Å². The Balaban J connectivity index is 1.69. The van der Waals surface area contributed by atoms with Gasteiger partial charge in [-0.3, -0.25) is 4.79 Å². The Bertz CT molecular complexity index is 665. The van der Waals surface area contributed by atoms with Gasteiger partial charge in [0.1, 0.15) is 5.75 Å². The van der Waals surface area contributed by atoms with Gasteiger partial charge < -0.3 is 10.1 Å². The zero-order chi connectivity index (χ0) is 18.2. The SMILES string of the molecule is CC(C)c1ccc(CCCNC(=O)[C@H](C)Oc2ccc(Cl)cc2)cc1. The van der Waals surface area contributed by atoms with Crippen LogP contribution < -0.4 is 10.1 Å². The second-order valence-electron chi connectivity index (χ2n) is 6.50. The van der Waals surface area contributed by atoms with Crippen LogP contribution in [0, 0.1) is 0 Å². The van der Waals surface area contributed by atoms with Crippen molar-refractivity contribution in [2.24, 2.45) is 0 Å². The lowest BCUT2D eigenvalue weighted by Crippen LogP contribution is -2.36. The maximum absolute atomic E-state index is 12.1. The van der Waals surface area contributed by atoms with E-state index in [4.69, 9.17) is 16.3 Å². The first-order chi connectivity index (χ1) is 12.0. The van der Waals surface area contributed by atoms with Gasteiger partial charge in [0.05, 0.1) is 0 Å². The van der Waals surface area contributed by atoms with Crippen molar-refractivity contribution >= 4 is 17.5 Å². The largest absolute Gasteiger partial charge is 0.481 e. The van der Waals surface area contributed by atoms with Crippen molar-refractivity contribution < 1.29 is 9.53 Å². The molecule has 2 aromatic carbocycles. The number of halogens is 1. The molecule has 25 heavy (non-hydrogen) atoms. The molecule has 0 fully saturated rings. The molecule has 0 aliphatic rings. The normalized spacial score (nSPS) is 12.0. The lowest BCUT2D eigenvalue weighted by Gasteiger charge is -2.14. The molecule has 134 valence electrons. The quantitative estimate of drug-likeness (QED) is 0.675. The van der Waals surface area contributed by atoms with E-state index in [1.54, 1.807) is 31.2 Å². The summed E-state index contributed by atoms with van der Waals surface area (Å²) in [6, 6.07) is 15.7. The van der Waals surface area contributed by atoms with Crippen LogP contribution in [-0.2, 0) is 11.2 Å². The molecular weight excluding hydrogens is 334 g/mol. The highest BCUT2D eigenvalue weighted by atomic mass is 35.5. The van der Waals surface area contributed by atoms with Gasteiger partial charge in [0.2, 0.25) is 0 Å². The number of benzene rings is 2. The van der Waals surface area contributed by atoms with Gasteiger partial charge in [-0.05, 0) is 61.1 Å². The van der Waals surface area contributed by atoms with Gasteiger partial charge in [0, 0.05) is 11.6 Å². The van der Waals surface area contributed by atoms with E-state index >= 15 is 0 Å². The first kappa shape index (κ1) is 19.3. The fourth-order valence-electron chi connectivity index (χ4n) is 2.49. The van der Waals surface area contributed by atoms with Crippen molar-refractivity contribution in [1.29, 1.82) is 0 Å². The fraction of sp³-hybridized carbons (Fsp3) is 0.381. The molecule has 1 amide bonds. The topological polar surface area (TPSA) is 38.3 Å². The van der Waals surface area contributed by atoms with Crippen LogP contribution >= 0.6 is 11.6 Å². The highest BCUT2D eigenvalue weighted by Gasteiger charge is 2.13. The van der Waals surface area contributed by atoms with Crippen molar-refractivity contribution in [3.05, 3.63) is 64.7 Å². The average Bonchev–Trinajstić information content (AvgIpc) is 2.60. The highest BCUT2D eigenvalue weighted by Crippen LogP contribution is 2.17. The molecule has 0 aromatic heterocycles. The minimum atomic E-state index is -0.536. The fourth-order valence-corrected chi connectivity index (χ4v) is 2.61. The van der Waals surface area contributed by atoms with Gasteiger partial charge in [0.15, 0.2) is 6.10 Å². The monoisotopic (exact) mass is 359 g/mol. The van der Waals surface area contributed by atoms with Crippen molar-refractivity contribution in [3.63, 3.8) is 0 Å². The molecule has 0 unspecified atom stereocenters. The Labute approximate surface area is 155 Å². The molecule has 0 aliphatic carbocycles. The van der Waals surface area contributed by atoms with E-state index in [2.05, 4.69) is 43.4 Å². The first-order valence-corrected chi connectivity index (χ1v) is 9.12. The lowest BCUT2D eigenvalue weighted by atomic mass is 10.0. The minimum Gasteiger partial charge on any atom is -0.481 e. The van der Waals surface area contributed by atoms with Crippen molar-refractivity contribution in [3.8, 4) is 5.75 Å². The standard InChI is InChI=1S/C21H26ClNO2/c1-15(2)18-8-6-17(7-9-18)5-4-14-23-21(24)16(3)25-20-12-10-19(22)11-13-20/h6-13,15-16H,4-5,14H2,1-3H3,(H,23,24)/t16-/m0/s1. The van der Waals surface area contributed by atoms with Crippen LogP contribution in [0.2, 0.25) is 5.02 Å². The van der Waals surface area contributed by atoms with E-state index in [-0.39, 0.29) is 5.91 Å². The summed E-state index contributed by atoms with van der Waals surface area (Å²) in [7, 11) is 0. The lowest BCUT2D eigenvalue weighted by molar-refractivity contribution is -0.127. The number of aryl methyl sites for hydroxylation is 1. The summed E-state index contributed by atoms with van der Waals surface area (Å²) in [4.78, 5) is 12.1. The first-order valence-electron chi connectivity index (χ1n) is 8.74. The number of amides is 1. The van der Waals surface area contributed by atoms with Crippen LogP contribution in [0.4, 0.5) is 0 Å². The third kappa shape index (κ3) is 6.43. The zero-order valence-electron chi connectivity index (χ0n) is 15.1. The maximum atomic E-state index is 12.1. The molecule has 0 saturated carbocycles. The molecule has 0 bridgehead atoms. The maximum Gasteiger partial charge on any atom is 0.260 e. The van der Waals surface area contributed by atoms with E-state index in [0.717, 1.165) is 12.8 Å². The number of carbonyl (C=O) groups excluding carboxylic acids is 1. The molecule has 0 aliphatic heterocycles. The van der Waals surface area contributed by atoms with Gasteiger partial charge in [-0.1, -0.05) is 49.7 Å². The Morgan fingerprint density at radius 2 is 1.68 bits per heavy atom. The van der Waals surface area contributed by atoms with E-state index in [1.165, 1.54) is 11.1 Å². The molecule has 3 nitrogen and oxygen atoms in total. The number of hydrogen-bond acceptors (Lipinski definition) is 2. The van der Waals surface area contributed by atoms with Crippen LogP contribution in [0.5, 0.6) is 5.75 Å². The molecule has 2 rings (SSSR count). The molecule has 2 aromatic rings.